The number of nitro groups is 1. The van der Waals surface area contributed by atoms with Crippen LogP contribution in [-0.4, -0.2) is 45.2 Å². The fraction of sp³-hybridized carbons (Fsp3) is 0.407. The number of rotatable bonds is 5. The number of fused-ring (bicyclic) bond motifs is 2. The second kappa shape index (κ2) is 8.22. The molecule has 2 bridgehead atoms. The lowest BCUT2D eigenvalue weighted by atomic mass is 9.65. The lowest BCUT2D eigenvalue weighted by Crippen LogP contribution is -2.38. The van der Waals surface area contributed by atoms with Crippen molar-refractivity contribution in [2.75, 3.05) is 13.7 Å². The van der Waals surface area contributed by atoms with E-state index in [1.165, 1.54) is 12.1 Å². The average molecular weight is 475 g/mol. The third kappa shape index (κ3) is 4.29. The molecule has 3 aromatic rings. The Morgan fingerprint density at radius 1 is 1.11 bits per heavy atom. The van der Waals surface area contributed by atoms with Gasteiger partial charge in [0, 0.05) is 30.3 Å². The molecule has 1 saturated heterocycles. The van der Waals surface area contributed by atoms with E-state index in [4.69, 9.17) is 9.84 Å². The van der Waals surface area contributed by atoms with E-state index in [0.717, 1.165) is 31.4 Å². The smallest absolute Gasteiger partial charge is 0.272 e. The van der Waals surface area contributed by atoms with Crippen molar-refractivity contribution in [3.63, 3.8) is 0 Å². The van der Waals surface area contributed by atoms with Crippen molar-refractivity contribution < 1.29 is 14.5 Å². The van der Waals surface area contributed by atoms with E-state index in [1.54, 1.807) is 23.9 Å². The van der Waals surface area contributed by atoms with Crippen molar-refractivity contribution >= 4 is 11.6 Å². The van der Waals surface area contributed by atoms with E-state index >= 15 is 0 Å². The van der Waals surface area contributed by atoms with Gasteiger partial charge in [0.15, 0.2) is 0 Å². The third-order valence-corrected chi connectivity index (χ3v) is 7.27. The number of ether oxygens (including phenoxy) is 1. The second-order valence-corrected chi connectivity index (χ2v) is 11.0. The Balaban J connectivity index is 1.58. The van der Waals surface area contributed by atoms with Gasteiger partial charge in [0.05, 0.1) is 23.4 Å². The van der Waals surface area contributed by atoms with Gasteiger partial charge in [-0.1, -0.05) is 32.9 Å². The molecular weight excluding hydrogens is 444 g/mol. The molecule has 8 heteroatoms. The summed E-state index contributed by atoms with van der Waals surface area (Å²) in [5.41, 5.74) is 2.80. The van der Waals surface area contributed by atoms with Gasteiger partial charge in [-0.15, -0.1) is 0 Å². The molecular formula is C27H30N4O4. The van der Waals surface area contributed by atoms with Gasteiger partial charge in [-0.2, -0.15) is 5.10 Å². The SMILES string of the molecule is COc1cccc(-c2cc(C(=O)N3CC4(C)CC3CC(C)(C)C4)n(-c3ccc([N+](=O)[O-])cc3)n2)c1. The highest BCUT2D eigenvalue weighted by atomic mass is 16.6. The first-order valence-electron chi connectivity index (χ1n) is 11.9. The molecule has 2 aliphatic rings. The van der Waals surface area contributed by atoms with Crippen molar-refractivity contribution in [1.82, 2.24) is 14.7 Å². The molecule has 1 aliphatic heterocycles. The van der Waals surface area contributed by atoms with Gasteiger partial charge in [0.25, 0.3) is 11.6 Å². The maximum atomic E-state index is 14.0. The first-order valence-corrected chi connectivity index (χ1v) is 11.9. The summed E-state index contributed by atoms with van der Waals surface area (Å²) in [7, 11) is 1.61. The van der Waals surface area contributed by atoms with Crippen molar-refractivity contribution in [3.8, 4) is 22.7 Å². The molecule has 0 N–H and O–H groups in total. The fourth-order valence-corrected chi connectivity index (χ4v) is 6.21. The molecule has 0 radical (unpaired) electrons. The van der Waals surface area contributed by atoms with Crippen LogP contribution >= 0.6 is 0 Å². The number of carbonyl (C=O) groups excluding carboxylic acids is 1. The molecule has 2 heterocycles. The maximum Gasteiger partial charge on any atom is 0.272 e. The second-order valence-electron chi connectivity index (χ2n) is 11.0. The normalized spacial score (nSPS) is 22.7. The highest BCUT2D eigenvalue weighted by Crippen LogP contribution is 2.52. The number of nitrogens with zero attached hydrogens (tertiary/aromatic N) is 4. The first-order chi connectivity index (χ1) is 16.6. The molecule has 1 aromatic heterocycles. The lowest BCUT2D eigenvalue weighted by Gasteiger charge is -2.39. The van der Waals surface area contributed by atoms with Crippen LogP contribution in [-0.2, 0) is 0 Å². The van der Waals surface area contributed by atoms with E-state index in [9.17, 15) is 14.9 Å². The minimum atomic E-state index is -0.437. The molecule has 0 spiro atoms. The summed E-state index contributed by atoms with van der Waals surface area (Å²) in [4.78, 5) is 26.7. The standard InChI is InChI=1S/C27H30N4O4/c1-26(2)14-21-15-27(3,16-26)17-29(21)25(32)24-13-23(18-6-5-7-22(12-18)35-4)28-30(24)19-8-10-20(11-9-19)31(33)34/h5-13,21H,14-17H2,1-4H3. The Morgan fingerprint density at radius 2 is 1.86 bits per heavy atom. The van der Waals surface area contributed by atoms with Gasteiger partial charge in [-0.05, 0) is 60.4 Å². The third-order valence-electron chi connectivity index (χ3n) is 7.27. The molecule has 2 fully saturated rings. The largest absolute Gasteiger partial charge is 0.497 e. The number of non-ortho nitro benzene ring substituents is 1. The zero-order valence-corrected chi connectivity index (χ0v) is 20.5. The minimum absolute atomic E-state index is 0.00898. The van der Waals surface area contributed by atoms with Crippen molar-refractivity contribution in [1.29, 1.82) is 0 Å². The Morgan fingerprint density at radius 3 is 2.54 bits per heavy atom. The molecule has 8 nitrogen and oxygen atoms in total. The van der Waals surface area contributed by atoms with Crippen LogP contribution in [0.2, 0.25) is 0 Å². The summed E-state index contributed by atoms with van der Waals surface area (Å²) in [6.07, 6.45) is 3.08. The van der Waals surface area contributed by atoms with Crippen LogP contribution in [0.25, 0.3) is 16.9 Å². The van der Waals surface area contributed by atoms with Crippen molar-refractivity contribution in [2.45, 2.75) is 46.1 Å². The fourth-order valence-electron chi connectivity index (χ4n) is 6.21. The number of amides is 1. The average Bonchev–Trinajstić information content (AvgIpc) is 3.37. The Labute approximate surface area is 204 Å². The quantitative estimate of drug-likeness (QED) is 0.360. The van der Waals surface area contributed by atoms with Crippen LogP contribution in [0.4, 0.5) is 5.69 Å². The number of hydrogen-bond acceptors (Lipinski definition) is 5. The molecule has 1 amide bonds. The summed E-state index contributed by atoms with van der Waals surface area (Å²) < 4.78 is 6.97. The van der Waals surface area contributed by atoms with Gasteiger partial charge in [-0.25, -0.2) is 4.68 Å². The molecule has 2 unspecified atom stereocenters. The highest BCUT2D eigenvalue weighted by Gasteiger charge is 2.51. The number of benzene rings is 2. The number of hydrogen-bond donors (Lipinski definition) is 0. The van der Waals surface area contributed by atoms with Gasteiger partial charge < -0.3 is 9.64 Å². The summed E-state index contributed by atoms with van der Waals surface area (Å²) in [6, 6.07) is 15.7. The molecule has 2 atom stereocenters. The minimum Gasteiger partial charge on any atom is -0.497 e. The van der Waals surface area contributed by atoms with Gasteiger partial charge in [-0.3, -0.25) is 14.9 Å². The number of aromatic nitrogens is 2. The van der Waals surface area contributed by atoms with Crippen LogP contribution in [0.1, 0.15) is 50.5 Å². The predicted molar refractivity (Wildman–Crippen MR) is 133 cm³/mol. The summed E-state index contributed by atoms with van der Waals surface area (Å²) in [5, 5.41) is 15.9. The predicted octanol–water partition coefficient (Wildman–Crippen LogP) is 5.50. The summed E-state index contributed by atoms with van der Waals surface area (Å²) >= 11 is 0. The van der Waals surface area contributed by atoms with Crippen LogP contribution in [0, 0.1) is 20.9 Å². The number of likely N-dealkylation sites (tertiary alicyclic amines) is 1. The monoisotopic (exact) mass is 474 g/mol. The lowest BCUT2D eigenvalue weighted by molar-refractivity contribution is -0.384. The Hall–Kier alpha value is -3.68. The maximum absolute atomic E-state index is 14.0. The van der Waals surface area contributed by atoms with E-state index in [2.05, 4.69) is 20.8 Å². The van der Waals surface area contributed by atoms with E-state index in [1.807, 2.05) is 35.2 Å². The molecule has 182 valence electrons. The zero-order valence-electron chi connectivity index (χ0n) is 20.5. The molecule has 1 aliphatic carbocycles. The van der Waals surface area contributed by atoms with Gasteiger partial charge in [0.1, 0.15) is 11.4 Å². The summed E-state index contributed by atoms with van der Waals surface area (Å²) in [6.45, 7) is 7.57. The van der Waals surface area contributed by atoms with Gasteiger partial charge >= 0.3 is 0 Å². The van der Waals surface area contributed by atoms with E-state index in [0.29, 0.717) is 22.8 Å². The topological polar surface area (TPSA) is 90.5 Å². The van der Waals surface area contributed by atoms with Crippen LogP contribution in [0.5, 0.6) is 5.75 Å². The number of nitro benzene ring substituents is 1. The molecule has 1 saturated carbocycles. The number of carbonyl (C=O) groups is 1. The van der Waals surface area contributed by atoms with E-state index < -0.39 is 4.92 Å². The Bertz CT molecular complexity index is 1300. The Kier molecular flexibility index (Phi) is 5.42. The zero-order chi connectivity index (χ0) is 25.0. The van der Waals surface area contributed by atoms with Crippen molar-refractivity contribution in [2.24, 2.45) is 10.8 Å². The molecule has 5 rings (SSSR count). The number of methoxy groups -OCH3 is 1. The van der Waals surface area contributed by atoms with Crippen LogP contribution < -0.4 is 4.74 Å². The van der Waals surface area contributed by atoms with E-state index in [-0.39, 0.29) is 28.5 Å². The summed E-state index contributed by atoms with van der Waals surface area (Å²) in [5.74, 6) is 0.639. The highest BCUT2D eigenvalue weighted by molar-refractivity contribution is 5.95. The van der Waals surface area contributed by atoms with Gasteiger partial charge in [0.2, 0.25) is 0 Å². The first kappa shape index (κ1) is 23.1. The molecule has 2 aromatic carbocycles. The molecule has 35 heavy (non-hydrogen) atoms. The van der Waals surface area contributed by atoms with Crippen LogP contribution in [0.3, 0.4) is 0 Å². The van der Waals surface area contributed by atoms with Crippen molar-refractivity contribution in [3.05, 3.63) is 70.4 Å². The van der Waals surface area contributed by atoms with Crippen LogP contribution in [0.15, 0.2) is 54.6 Å².